The van der Waals surface area contributed by atoms with Crippen LogP contribution in [0.4, 0.5) is 8.78 Å². The van der Waals surface area contributed by atoms with E-state index in [-0.39, 0.29) is 53.4 Å². The highest BCUT2D eigenvalue weighted by atomic mass is 35.5. The Morgan fingerprint density at radius 1 is 1.13 bits per heavy atom. The molecule has 9 nitrogen and oxygen atoms in total. The maximum atomic E-state index is 14.6. The van der Waals surface area contributed by atoms with Crippen molar-refractivity contribution in [3.05, 3.63) is 81.1 Å². The van der Waals surface area contributed by atoms with Gasteiger partial charge in [0, 0.05) is 22.1 Å². The molecule has 13 heteroatoms. The Morgan fingerprint density at radius 3 is 2.59 bits per heavy atom. The van der Waals surface area contributed by atoms with E-state index in [1.165, 1.54) is 12.1 Å². The Bertz CT molecular complexity index is 1950. The topological polar surface area (TPSA) is 137 Å². The number of aromatic nitrogens is 2. The second-order valence-corrected chi connectivity index (χ2v) is 13.1. The third-order valence-electron chi connectivity index (χ3n) is 8.93. The van der Waals surface area contributed by atoms with Crippen LogP contribution in [0.2, 0.25) is 10.2 Å². The van der Waals surface area contributed by atoms with Crippen molar-refractivity contribution < 1.29 is 33.0 Å². The van der Waals surface area contributed by atoms with Crippen LogP contribution in [0.3, 0.4) is 0 Å². The maximum absolute atomic E-state index is 14.6. The lowest BCUT2D eigenvalue weighted by Crippen LogP contribution is -2.44. The molecule has 0 spiro atoms. The number of halogens is 4. The van der Waals surface area contributed by atoms with Gasteiger partial charge in [-0.15, -0.1) is 0 Å². The molecule has 46 heavy (non-hydrogen) atoms. The first-order valence-electron chi connectivity index (χ1n) is 14.8. The highest BCUT2D eigenvalue weighted by Crippen LogP contribution is 2.51. The number of hydrogen-bond donors (Lipinski definition) is 3. The number of carbonyl (C=O) groups is 2. The van der Waals surface area contributed by atoms with Crippen LogP contribution in [-0.2, 0) is 15.8 Å². The Morgan fingerprint density at radius 2 is 1.89 bits per heavy atom. The molecule has 4 N–H and O–H groups in total. The fraction of sp³-hybridized carbons (Fsp3) is 0.333. The number of fused-ring (bicyclic) bond motifs is 2. The fourth-order valence-electron chi connectivity index (χ4n) is 5.79. The lowest BCUT2D eigenvalue weighted by Gasteiger charge is -2.30. The van der Waals surface area contributed by atoms with Gasteiger partial charge >= 0.3 is 0 Å². The van der Waals surface area contributed by atoms with Crippen molar-refractivity contribution in [2.75, 3.05) is 13.2 Å². The van der Waals surface area contributed by atoms with Crippen LogP contribution in [0, 0.1) is 17.6 Å². The van der Waals surface area contributed by atoms with E-state index in [1.807, 2.05) is 0 Å². The molecule has 1 unspecified atom stereocenters. The lowest BCUT2D eigenvalue weighted by molar-refractivity contribution is -0.123. The minimum atomic E-state index is -1.72. The van der Waals surface area contributed by atoms with Crippen molar-refractivity contribution in [1.82, 2.24) is 15.3 Å². The molecule has 0 radical (unpaired) electrons. The minimum absolute atomic E-state index is 0.00244. The molecule has 2 aromatic heterocycles. The minimum Gasteiger partial charge on any atom is -0.489 e. The molecule has 238 valence electrons. The number of primary amides is 1. The van der Waals surface area contributed by atoms with Gasteiger partial charge in [0.1, 0.15) is 45.5 Å². The SMILES string of the molecule is C[C@]1(C(N)=O)COc2c1cc(C(O)(CNC(=O)c1cc(OC3CC3)c3nc(Cl)ccc3c1)C1CC1)nc2-c1ccc(F)c(F)c1Cl. The number of aliphatic hydroxyl groups is 1. The Labute approximate surface area is 272 Å². The van der Waals surface area contributed by atoms with Gasteiger partial charge < -0.3 is 25.6 Å². The summed E-state index contributed by atoms with van der Waals surface area (Å²) >= 11 is 12.4. The smallest absolute Gasteiger partial charge is 0.251 e. The molecule has 0 bridgehead atoms. The number of pyridine rings is 2. The first-order chi connectivity index (χ1) is 21.9. The predicted molar refractivity (Wildman–Crippen MR) is 166 cm³/mol. The Hall–Kier alpha value is -4.06. The summed E-state index contributed by atoms with van der Waals surface area (Å²) in [5, 5.41) is 15.5. The molecule has 2 aromatic carbocycles. The molecule has 4 aromatic rings. The number of nitrogens with zero attached hydrogens (tertiary/aromatic N) is 2. The van der Waals surface area contributed by atoms with Crippen LogP contribution < -0.4 is 20.5 Å². The summed E-state index contributed by atoms with van der Waals surface area (Å²) in [7, 11) is 0. The third kappa shape index (κ3) is 5.20. The molecule has 3 aliphatic rings. The van der Waals surface area contributed by atoms with Crippen LogP contribution >= 0.6 is 23.2 Å². The van der Waals surface area contributed by atoms with E-state index in [1.54, 1.807) is 31.2 Å². The molecule has 2 atom stereocenters. The zero-order chi connectivity index (χ0) is 32.5. The highest BCUT2D eigenvalue weighted by Gasteiger charge is 2.50. The number of carbonyl (C=O) groups excluding carboxylic acids is 2. The van der Waals surface area contributed by atoms with Crippen molar-refractivity contribution in [3.8, 4) is 22.8 Å². The van der Waals surface area contributed by atoms with E-state index in [9.17, 15) is 23.5 Å². The van der Waals surface area contributed by atoms with Gasteiger partial charge in [-0.2, -0.15) is 0 Å². The van der Waals surface area contributed by atoms with E-state index < -0.39 is 39.5 Å². The number of benzene rings is 2. The summed E-state index contributed by atoms with van der Waals surface area (Å²) in [5.74, 6) is -3.35. The van der Waals surface area contributed by atoms with E-state index >= 15 is 0 Å². The van der Waals surface area contributed by atoms with E-state index in [2.05, 4.69) is 15.3 Å². The Balaban J connectivity index is 1.28. The molecule has 2 amide bonds. The van der Waals surface area contributed by atoms with Crippen LogP contribution in [0.15, 0.2) is 42.5 Å². The summed E-state index contributed by atoms with van der Waals surface area (Å²) in [5.41, 5.74) is 3.99. The Kier molecular flexibility index (Phi) is 7.34. The molecular weight excluding hydrogens is 641 g/mol. The van der Waals surface area contributed by atoms with Gasteiger partial charge in [-0.1, -0.05) is 23.2 Å². The molecule has 1 aliphatic heterocycles. The molecular formula is C33H28Cl2F2N4O5. The molecule has 0 saturated heterocycles. The van der Waals surface area contributed by atoms with Crippen molar-refractivity contribution in [1.29, 1.82) is 0 Å². The summed E-state index contributed by atoms with van der Waals surface area (Å²) in [6, 6.07) is 10.3. The number of rotatable bonds is 9. The van der Waals surface area contributed by atoms with Crippen molar-refractivity contribution in [2.45, 2.75) is 49.7 Å². The lowest BCUT2D eigenvalue weighted by atomic mass is 9.81. The van der Waals surface area contributed by atoms with Gasteiger partial charge in [-0.25, -0.2) is 18.7 Å². The second-order valence-electron chi connectivity index (χ2n) is 12.3. The van der Waals surface area contributed by atoms with E-state index in [0.717, 1.165) is 18.9 Å². The van der Waals surface area contributed by atoms with Crippen molar-refractivity contribution in [3.63, 3.8) is 0 Å². The standard InChI is InChI=1S/C33H28Cl2F2N4O5/c1-32(31(38)43)14-45-29-20(32)12-23(40-28(29)19-7-8-21(36)26(37)25(19)35)33(44,17-3-4-17)13-39-30(42)16-10-15-2-9-24(34)41-27(15)22(11-16)46-18-5-6-18/h2,7-12,17-18,44H,3-6,13-14H2,1H3,(H2,38,43)(H,39,42)/t32-,33?/m0/s1. The normalized spacial score (nSPS) is 20.1. The number of amides is 2. The average Bonchev–Trinajstić information content (AvgIpc) is 3.97. The van der Waals surface area contributed by atoms with Gasteiger partial charge in [-0.3, -0.25) is 9.59 Å². The molecule has 2 saturated carbocycles. The van der Waals surface area contributed by atoms with Crippen LogP contribution in [0.1, 0.15) is 54.2 Å². The van der Waals surface area contributed by atoms with Crippen molar-refractivity contribution >= 4 is 45.9 Å². The summed E-state index contributed by atoms with van der Waals surface area (Å²) in [6.45, 7) is 1.20. The maximum Gasteiger partial charge on any atom is 0.251 e. The first-order valence-corrected chi connectivity index (χ1v) is 15.5. The van der Waals surface area contributed by atoms with Crippen LogP contribution in [0.5, 0.6) is 11.5 Å². The summed E-state index contributed by atoms with van der Waals surface area (Å²) in [4.78, 5) is 35.3. The summed E-state index contributed by atoms with van der Waals surface area (Å²) in [6.07, 6.45) is 3.12. The highest BCUT2D eigenvalue weighted by molar-refractivity contribution is 6.33. The average molecular weight is 670 g/mol. The summed E-state index contributed by atoms with van der Waals surface area (Å²) < 4.78 is 40.5. The monoisotopic (exact) mass is 668 g/mol. The molecule has 3 heterocycles. The van der Waals surface area contributed by atoms with Gasteiger partial charge in [0.15, 0.2) is 11.6 Å². The van der Waals surface area contributed by atoms with Crippen LogP contribution in [0.25, 0.3) is 22.2 Å². The zero-order valence-electron chi connectivity index (χ0n) is 24.5. The molecule has 7 rings (SSSR count). The second kappa shape index (κ2) is 11.0. The number of nitrogens with one attached hydrogen (secondary N) is 1. The first kappa shape index (κ1) is 30.6. The van der Waals surface area contributed by atoms with Gasteiger partial charge in [-0.05, 0) is 81.0 Å². The van der Waals surface area contributed by atoms with E-state index in [0.29, 0.717) is 40.2 Å². The number of ether oxygens (including phenoxy) is 2. The van der Waals surface area contributed by atoms with Gasteiger partial charge in [0.25, 0.3) is 5.91 Å². The van der Waals surface area contributed by atoms with E-state index in [4.69, 9.17) is 38.4 Å². The van der Waals surface area contributed by atoms with Crippen LogP contribution in [-0.4, -0.2) is 46.1 Å². The van der Waals surface area contributed by atoms with Crippen molar-refractivity contribution in [2.24, 2.45) is 11.7 Å². The zero-order valence-corrected chi connectivity index (χ0v) is 26.0. The van der Waals surface area contributed by atoms with Gasteiger partial charge in [0.05, 0.1) is 23.4 Å². The quantitative estimate of drug-likeness (QED) is 0.156. The van der Waals surface area contributed by atoms with Gasteiger partial charge in [0.2, 0.25) is 5.91 Å². The predicted octanol–water partition coefficient (Wildman–Crippen LogP) is 5.59. The third-order valence-corrected chi connectivity index (χ3v) is 9.51. The fourth-order valence-corrected chi connectivity index (χ4v) is 6.18. The number of hydrogen-bond acceptors (Lipinski definition) is 7. The largest absolute Gasteiger partial charge is 0.489 e. The number of nitrogens with two attached hydrogens (primary N) is 1. The molecule has 2 fully saturated rings. The molecule has 2 aliphatic carbocycles.